The number of halogens is 2. The zero-order chi connectivity index (χ0) is 32.6. The second-order valence-corrected chi connectivity index (χ2v) is 14.3. The topological polar surface area (TPSA) is 130 Å². The molecule has 1 aromatic carbocycles. The SMILES string of the molecule is C=C(F)C(=O)Nc1cc(N2C[C@H](CS(C)(=O)=O)[C@H]2C)c2cnc(Nc3ccnc(N4CC[C@@H](OC)[C@@H](F)C4)n3)cc2c1C(C)C. The fourth-order valence-electron chi connectivity index (χ4n) is 6.16. The molecule has 1 amide bonds. The molecule has 0 saturated carbocycles. The summed E-state index contributed by atoms with van der Waals surface area (Å²) < 4.78 is 57.5. The van der Waals surface area contributed by atoms with Gasteiger partial charge in [0, 0.05) is 67.6 Å². The number of carbonyl (C=O) groups is 1. The highest BCUT2D eigenvalue weighted by molar-refractivity contribution is 7.90. The minimum absolute atomic E-state index is 0.0580. The number of anilines is 5. The Bertz CT molecular complexity index is 1720. The molecule has 0 aliphatic carbocycles. The van der Waals surface area contributed by atoms with Crippen LogP contribution in [0.4, 0.5) is 37.7 Å². The van der Waals surface area contributed by atoms with Crippen molar-refractivity contribution in [1.82, 2.24) is 15.0 Å². The molecule has 2 N–H and O–H groups in total. The lowest BCUT2D eigenvalue weighted by molar-refractivity contribution is -0.114. The number of hydrogen-bond acceptors (Lipinski definition) is 10. The number of hydrogen-bond donors (Lipinski definition) is 2. The fourth-order valence-corrected chi connectivity index (χ4v) is 7.32. The standard InChI is InChI=1S/C31H39F2N7O4S/c1-17(2)29-21-11-28(37-27-7-9-34-31(38-27)39-10-8-26(44-5)23(33)15-39)35-13-22(21)25(12-24(29)36-30(41)18(3)32)40-14-20(19(40)4)16-45(6,42)43/h7,9,11-13,17,19-20,23,26H,3,8,10,14-16H2,1-2,4-6H3,(H,36,41)(H,34,35,37,38)/t19-,20-,23+,26-/m1/s1. The Morgan fingerprint density at radius 1 is 1.20 bits per heavy atom. The van der Waals surface area contributed by atoms with E-state index in [1.54, 1.807) is 29.4 Å². The molecule has 0 radical (unpaired) electrons. The monoisotopic (exact) mass is 643 g/mol. The molecule has 5 rings (SSSR count). The third-order valence-electron chi connectivity index (χ3n) is 8.51. The van der Waals surface area contributed by atoms with Gasteiger partial charge >= 0.3 is 0 Å². The van der Waals surface area contributed by atoms with Gasteiger partial charge in [0.1, 0.15) is 27.6 Å². The zero-order valence-electron chi connectivity index (χ0n) is 26.0. The Labute approximate surface area is 262 Å². The Balaban J connectivity index is 1.52. The van der Waals surface area contributed by atoms with Gasteiger partial charge in [0.2, 0.25) is 5.95 Å². The van der Waals surface area contributed by atoms with Crippen LogP contribution >= 0.6 is 0 Å². The summed E-state index contributed by atoms with van der Waals surface area (Å²) in [6.07, 6.45) is 3.45. The van der Waals surface area contributed by atoms with E-state index in [9.17, 15) is 22.0 Å². The van der Waals surface area contributed by atoms with E-state index in [2.05, 4.69) is 37.1 Å². The lowest BCUT2D eigenvalue weighted by Gasteiger charge is -2.48. The second kappa shape index (κ2) is 12.8. The van der Waals surface area contributed by atoms with Crippen LogP contribution in [0.25, 0.3) is 10.8 Å². The molecule has 2 saturated heterocycles. The van der Waals surface area contributed by atoms with Gasteiger partial charge in [0.25, 0.3) is 5.91 Å². The predicted molar refractivity (Wildman–Crippen MR) is 173 cm³/mol. The van der Waals surface area contributed by atoms with Crippen LogP contribution in [0.1, 0.15) is 38.7 Å². The smallest absolute Gasteiger partial charge is 0.283 e. The molecule has 4 atom stereocenters. The van der Waals surface area contributed by atoms with Gasteiger partial charge < -0.3 is 25.2 Å². The van der Waals surface area contributed by atoms with Crippen molar-refractivity contribution >= 4 is 55.5 Å². The highest BCUT2D eigenvalue weighted by Gasteiger charge is 2.39. The van der Waals surface area contributed by atoms with E-state index in [0.29, 0.717) is 42.8 Å². The number of benzene rings is 1. The molecule has 0 unspecified atom stereocenters. The first kappa shape index (κ1) is 32.5. The predicted octanol–water partition coefficient (Wildman–Crippen LogP) is 4.75. The van der Waals surface area contributed by atoms with Gasteiger partial charge in [-0.1, -0.05) is 20.4 Å². The molecule has 14 heteroatoms. The molecule has 2 aromatic heterocycles. The summed E-state index contributed by atoms with van der Waals surface area (Å²) in [4.78, 5) is 29.9. The molecule has 45 heavy (non-hydrogen) atoms. The number of alkyl halides is 1. The molecule has 0 bridgehead atoms. The lowest BCUT2D eigenvalue weighted by atomic mass is 9.88. The number of methoxy groups -OCH3 is 1. The van der Waals surface area contributed by atoms with Crippen LogP contribution in [0.5, 0.6) is 0 Å². The average molecular weight is 644 g/mol. The number of nitrogens with one attached hydrogen (secondary N) is 2. The summed E-state index contributed by atoms with van der Waals surface area (Å²) in [5.41, 5.74) is 1.94. The number of piperidine rings is 1. The molecule has 3 aromatic rings. The maximum Gasteiger partial charge on any atom is 0.283 e. The van der Waals surface area contributed by atoms with Crippen LogP contribution in [0.3, 0.4) is 0 Å². The van der Waals surface area contributed by atoms with E-state index in [-0.39, 0.29) is 30.2 Å². The summed E-state index contributed by atoms with van der Waals surface area (Å²) in [6.45, 7) is 10.2. The maximum absolute atomic E-state index is 14.5. The first-order chi connectivity index (χ1) is 21.3. The zero-order valence-corrected chi connectivity index (χ0v) is 26.9. The van der Waals surface area contributed by atoms with E-state index < -0.39 is 33.8 Å². The first-order valence-corrected chi connectivity index (χ1v) is 16.9. The van der Waals surface area contributed by atoms with E-state index in [4.69, 9.17) is 4.74 Å². The molecule has 242 valence electrons. The van der Waals surface area contributed by atoms with Gasteiger partial charge in [-0.25, -0.2) is 27.2 Å². The Hall–Kier alpha value is -3.91. The summed E-state index contributed by atoms with van der Waals surface area (Å²) in [6, 6.07) is 5.23. The Morgan fingerprint density at radius 2 is 1.96 bits per heavy atom. The number of amides is 1. The summed E-state index contributed by atoms with van der Waals surface area (Å²) in [5, 5.41) is 7.46. The number of carbonyl (C=O) groups excluding carboxylic acids is 1. The summed E-state index contributed by atoms with van der Waals surface area (Å²) in [7, 11) is -1.66. The van der Waals surface area contributed by atoms with E-state index in [1.807, 2.05) is 26.8 Å². The fraction of sp³-hybridized carbons (Fsp3) is 0.484. The number of sulfone groups is 1. The molecular formula is C31H39F2N7O4S. The van der Waals surface area contributed by atoms with Gasteiger partial charge in [-0.05, 0) is 48.4 Å². The third kappa shape index (κ3) is 7.01. The van der Waals surface area contributed by atoms with E-state index in [0.717, 1.165) is 22.0 Å². The Morgan fingerprint density at radius 3 is 2.58 bits per heavy atom. The van der Waals surface area contributed by atoms with Crippen molar-refractivity contribution in [2.45, 2.75) is 51.4 Å². The summed E-state index contributed by atoms with van der Waals surface area (Å²) in [5.74, 6) is -0.819. The maximum atomic E-state index is 14.5. The van der Waals surface area contributed by atoms with E-state index in [1.165, 1.54) is 13.4 Å². The number of rotatable bonds is 10. The number of ether oxygens (including phenoxy) is 1. The molecule has 2 aliphatic heterocycles. The van der Waals surface area contributed by atoms with Crippen molar-refractivity contribution in [3.05, 3.63) is 48.6 Å². The first-order valence-electron chi connectivity index (χ1n) is 14.8. The number of fused-ring (bicyclic) bond motifs is 1. The molecular weight excluding hydrogens is 604 g/mol. The lowest BCUT2D eigenvalue weighted by Crippen LogP contribution is -2.57. The van der Waals surface area contributed by atoms with Crippen LogP contribution in [-0.2, 0) is 19.4 Å². The molecule has 0 spiro atoms. The molecule has 2 fully saturated rings. The van der Waals surface area contributed by atoms with Crippen molar-refractivity contribution < 1.29 is 26.7 Å². The van der Waals surface area contributed by atoms with Gasteiger partial charge in [-0.2, -0.15) is 4.98 Å². The number of aromatic nitrogens is 3. The normalized spacial score (nSPS) is 22.0. The number of pyridine rings is 1. The quantitative estimate of drug-likeness (QED) is 0.299. The largest absolute Gasteiger partial charge is 0.378 e. The molecule has 4 heterocycles. The molecule has 2 aliphatic rings. The minimum atomic E-state index is -3.16. The van der Waals surface area contributed by atoms with Gasteiger partial charge in [0.15, 0.2) is 5.83 Å². The Kier molecular flexibility index (Phi) is 9.26. The van der Waals surface area contributed by atoms with Crippen molar-refractivity contribution in [2.24, 2.45) is 5.92 Å². The van der Waals surface area contributed by atoms with Crippen LogP contribution in [0, 0.1) is 5.92 Å². The van der Waals surface area contributed by atoms with Crippen molar-refractivity contribution in [3.63, 3.8) is 0 Å². The second-order valence-electron chi connectivity index (χ2n) is 12.1. The number of nitrogens with zero attached hydrogens (tertiary/aromatic N) is 5. The van der Waals surface area contributed by atoms with Gasteiger partial charge in [-0.3, -0.25) is 4.79 Å². The highest BCUT2D eigenvalue weighted by atomic mass is 32.2. The van der Waals surface area contributed by atoms with Gasteiger partial charge in [-0.15, -0.1) is 0 Å². The average Bonchev–Trinajstić information content (AvgIpc) is 2.97. The van der Waals surface area contributed by atoms with Crippen LogP contribution in [0.15, 0.2) is 43.0 Å². The van der Waals surface area contributed by atoms with Crippen molar-refractivity contribution in [3.8, 4) is 0 Å². The highest BCUT2D eigenvalue weighted by Crippen LogP contribution is 2.43. The summed E-state index contributed by atoms with van der Waals surface area (Å²) >= 11 is 0. The van der Waals surface area contributed by atoms with Crippen LogP contribution in [0.2, 0.25) is 0 Å². The van der Waals surface area contributed by atoms with E-state index >= 15 is 0 Å². The van der Waals surface area contributed by atoms with Crippen LogP contribution < -0.4 is 20.4 Å². The minimum Gasteiger partial charge on any atom is -0.378 e. The molecule has 11 nitrogen and oxygen atoms in total. The van der Waals surface area contributed by atoms with Gasteiger partial charge in [0.05, 0.1) is 18.4 Å². The third-order valence-corrected chi connectivity index (χ3v) is 9.54. The van der Waals surface area contributed by atoms with Crippen molar-refractivity contribution in [2.75, 3.05) is 59.2 Å². The van der Waals surface area contributed by atoms with Crippen molar-refractivity contribution in [1.29, 1.82) is 0 Å². The van der Waals surface area contributed by atoms with Crippen LogP contribution in [-0.4, -0.2) is 86.3 Å².